The van der Waals surface area contributed by atoms with Gasteiger partial charge in [-0.1, -0.05) is 11.3 Å². The lowest BCUT2D eigenvalue weighted by Crippen LogP contribution is -2.08. The van der Waals surface area contributed by atoms with Gasteiger partial charge in [-0.05, 0) is 42.8 Å². The summed E-state index contributed by atoms with van der Waals surface area (Å²) in [6, 6.07) is 2.48. The number of thiazole rings is 1. The molecule has 0 aromatic carbocycles. The van der Waals surface area contributed by atoms with Crippen LogP contribution >= 0.6 is 27.3 Å². The fourth-order valence-corrected chi connectivity index (χ4v) is 2.65. The van der Waals surface area contributed by atoms with Crippen LogP contribution in [0.5, 0.6) is 0 Å². The molecule has 2 aromatic heterocycles. The van der Waals surface area contributed by atoms with Crippen molar-refractivity contribution in [2.45, 2.75) is 26.8 Å². The highest BCUT2D eigenvalue weighted by molar-refractivity contribution is 9.10. The monoisotopic (exact) mass is 311 g/mol. The lowest BCUT2D eigenvalue weighted by atomic mass is 10.2. The van der Waals surface area contributed by atoms with Crippen molar-refractivity contribution in [3.05, 3.63) is 28.6 Å². The van der Waals surface area contributed by atoms with Crippen LogP contribution in [-0.4, -0.2) is 16.0 Å². The molecule has 0 atom stereocenters. The molecule has 2 heterocycles. The van der Waals surface area contributed by atoms with Crippen LogP contribution in [0.2, 0.25) is 0 Å². The van der Waals surface area contributed by atoms with Gasteiger partial charge < -0.3 is 5.32 Å². The minimum absolute atomic E-state index is 0.400. The maximum Gasteiger partial charge on any atom is 0.183 e. The summed E-state index contributed by atoms with van der Waals surface area (Å²) < 4.78 is 1.03. The number of rotatable bonds is 3. The molecule has 2 rings (SSSR count). The van der Waals surface area contributed by atoms with Gasteiger partial charge in [0.1, 0.15) is 0 Å². The first-order valence-electron chi connectivity index (χ1n) is 5.41. The van der Waals surface area contributed by atoms with E-state index < -0.39 is 0 Å². The first-order chi connectivity index (χ1) is 8.06. The number of hydrogen-bond donors (Lipinski definition) is 1. The van der Waals surface area contributed by atoms with Gasteiger partial charge in [-0.25, -0.2) is 4.98 Å². The van der Waals surface area contributed by atoms with E-state index in [1.165, 1.54) is 0 Å². The van der Waals surface area contributed by atoms with Gasteiger partial charge >= 0.3 is 0 Å². The Hall–Kier alpha value is -0.940. The van der Waals surface area contributed by atoms with Gasteiger partial charge in [0.15, 0.2) is 5.13 Å². The maximum atomic E-state index is 4.35. The molecule has 0 radical (unpaired) electrons. The van der Waals surface area contributed by atoms with Gasteiger partial charge in [0.25, 0.3) is 0 Å². The number of nitrogens with zero attached hydrogens (tertiary/aromatic N) is 2. The molecule has 0 amide bonds. The molecule has 0 bridgehead atoms. The second-order valence-electron chi connectivity index (χ2n) is 4.12. The average Bonchev–Trinajstić information content (AvgIpc) is 2.69. The van der Waals surface area contributed by atoms with Crippen molar-refractivity contribution < 1.29 is 0 Å². The minimum Gasteiger partial charge on any atom is -0.359 e. The molecule has 0 spiro atoms. The summed E-state index contributed by atoms with van der Waals surface area (Å²) in [5, 5.41) is 4.25. The van der Waals surface area contributed by atoms with Gasteiger partial charge in [-0.15, -0.1) is 0 Å². The largest absolute Gasteiger partial charge is 0.359 e. The summed E-state index contributed by atoms with van der Waals surface area (Å²) in [5.41, 5.74) is 2.09. The van der Waals surface area contributed by atoms with Crippen LogP contribution < -0.4 is 5.32 Å². The molecule has 0 unspecified atom stereocenters. The normalized spacial score (nSPS) is 10.9. The Morgan fingerprint density at radius 2 is 2.06 bits per heavy atom. The van der Waals surface area contributed by atoms with Crippen LogP contribution in [0, 0.1) is 6.92 Å². The van der Waals surface area contributed by atoms with Gasteiger partial charge in [0.2, 0.25) is 0 Å². The Kier molecular flexibility index (Phi) is 3.79. The van der Waals surface area contributed by atoms with Gasteiger partial charge in [-0.2, -0.15) is 0 Å². The van der Waals surface area contributed by atoms with E-state index in [1.54, 1.807) is 11.3 Å². The van der Waals surface area contributed by atoms with Gasteiger partial charge in [0, 0.05) is 28.5 Å². The third-order valence-electron chi connectivity index (χ3n) is 2.23. The Labute approximate surface area is 113 Å². The lowest BCUT2D eigenvalue weighted by molar-refractivity contribution is 0.896. The van der Waals surface area contributed by atoms with E-state index in [0.29, 0.717) is 6.04 Å². The van der Waals surface area contributed by atoms with Crippen LogP contribution in [0.25, 0.3) is 10.4 Å². The Morgan fingerprint density at radius 3 is 2.71 bits per heavy atom. The summed E-state index contributed by atoms with van der Waals surface area (Å²) in [7, 11) is 0. The molecular formula is C12H14BrN3S. The Bertz CT molecular complexity index is 522. The summed E-state index contributed by atoms with van der Waals surface area (Å²) in [5.74, 6) is 0. The molecule has 5 heteroatoms. The fraction of sp³-hybridized carbons (Fsp3) is 0.333. The van der Waals surface area contributed by atoms with E-state index in [1.807, 2.05) is 19.3 Å². The Morgan fingerprint density at radius 1 is 1.29 bits per heavy atom. The number of hydrogen-bond acceptors (Lipinski definition) is 4. The van der Waals surface area contributed by atoms with E-state index >= 15 is 0 Å². The molecular weight excluding hydrogens is 298 g/mol. The molecule has 1 N–H and O–H groups in total. The molecule has 0 saturated carbocycles. The third kappa shape index (κ3) is 3.04. The molecule has 2 aromatic rings. The maximum absolute atomic E-state index is 4.35. The summed E-state index contributed by atoms with van der Waals surface area (Å²) in [6.45, 7) is 6.18. The molecule has 90 valence electrons. The molecule has 17 heavy (non-hydrogen) atoms. The topological polar surface area (TPSA) is 37.8 Å². The highest BCUT2D eigenvalue weighted by Gasteiger charge is 2.07. The SMILES string of the molecule is Cc1ncc(-c2cnc(NC(C)C)s2)cc1Br. The van der Waals surface area contributed by atoms with Gasteiger partial charge in [0.05, 0.1) is 10.6 Å². The quantitative estimate of drug-likeness (QED) is 0.927. The molecule has 0 saturated heterocycles. The number of halogens is 1. The minimum atomic E-state index is 0.400. The van der Waals surface area contributed by atoms with Crippen molar-refractivity contribution in [1.82, 2.24) is 9.97 Å². The number of nitrogens with one attached hydrogen (secondary N) is 1. The van der Waals surface area contributed by atoms with Gasteiger partial charge in [-0.3, -0.25) is 4.98 Å². The first kappa shape index (κ1) is 12.5. The van der Waals surface area contributed by atoms with Crippen LogP contribution in [0.1, 0.15) is 19.5 Å². The second kappa shape index (κ2) is 5.14. The highest BCUT2D eigenvalue weighted by Crippen LogP contribution is 2.30. The average molecular weight is 312 g/mol. The van der Waals surface area contributed by atoms with Crippen LogP contribution in [-0.2, 0) is 0 Å². The van der Waals surface area contributed by atoms with Crippen LogP contribution in [0.4, 0.5) is 5.13 Å². The third-order valence-corrected chi connectivity index (χ3v) is 4.01. The van der Waals surface area contributed by atoms with E-state index in [4.69, 9.17) is 0 Å². The smallest absolute Gasteiger partial charge is 0.183 e. The molecule has 3 nitrogen and oxygen atoms in total. The zero-order chi connectivity index (χ0) is 12.4. The van der Waals surface area contributed by atoms with Crippen molar-refractivity contribution in [2.24, 2.45) is 0 Å². The van der Waals surface area contributed by atoms with E-state index in [2.05, 4.69) is 51.1 Å². The fourth-order valence-electron chi connectivity index (χ4n) is 1.36. The standard InChI is InChI=1S/C12H14BrN3S/c1-7(2)16-12-15-6-11(17-12)9-4-10(13)8(3)14-5-9/h4-7H,1-3H3,(H,15,16). The zero-order valence-electron chi connectivity index (χ0n) is 9.99. The van der Waals surface area contributed by atoms with Crippen molar-refractivity contribution in [1.29, 1.82) is 0 Å². The van der Waals surface area contributed by atoms with Crippen molar-refractivity contribution >= 4 is 32.4 Å². The second-order valence-corrected chi connectivity index (χ2v) is 6.00. The molecule has 0 aliphatic carbocycles. The first-order valence-corrected chi connectivity index (χ1v) is 7.02. The van der Waals surface area contributed by atoms with E-state index in [9.17, 15) is 0 Å². The number of pyridine rings is 1. The molecule has 0 aliphatic heterocycles. The molecule has 0 fully saturated rings. The predicted molar refractivity (Wildman–Crippen MR) is 76.5 cm³/mol. The van der Waals surface area contributed by atoms with Crippen LogP contribution in [0.15, 0.2) is 22.9 Å². The van der Waals surface area contributed by atoms with Crippen molar-refractivity contribution in [3.8, 4) is 10.4 Å². The van der Waals surface area contributed by atoms with E-state index in [-0.39, 0.29) is 0 Å². The summed E-state index contributed by atoms with van der Waals surface area (Å²) in [6.07, 6.45) is 3.76. The summed E-state index contributed by atoms with van der Waals surface area (Å²) in [4.78, 5) is 9.81. The number of aryl methyl sites for hydroxylation is 1. The Balaban J connectivity index is 2.27. The predicted octanol–water partition coefficient (Wildman–Crippen LogP) is 4.10. The zero-order valence-corrected chi connectivity index (χ0v) is 12.4. The van der Waals surface area contributed by atoms with E-state index in [0.717, 1.165) is 25.7 Å². The van der Waals surface area contributed by atoms with Crippen molar-refractivity contribution in [2.75, 3.05) is 5.32 Å². The lowest BCUT2D eigenvalue weighted by Gasteiger charge is -2.04. The van der Waals surface area contributed by atoms with Crippen LogP contribution in [0.3, 0.4) is 0 Å². The molecule has 0 aliphatic rings. The number of aromatic nitrogens is 2. The summed E-state index contributed by atoms with van der Waals surface area (Å²) >= 11 is 5.14. The number of anilines is 1. The highest BCUT2D eigenvalue weighted by atomic mass is 79.9. The van der Waals surface area contributed by atoms with Crippen molar-refractivity contribution in [3.63, 3.8) is 0 Å².